The van der Waals surface area contributed by atoms with Crippen LogP contribution in [0.15, 0.2) is 0 Å². The normalized spacial score (nSPS) is 18.3. The summed E-state index contributed by atoms with van der Waals surface area (Å²) in [5.41, 5.74) is 5.78. The van der Waals surface area contributed by atoms with Gasteiger partial charge in [-0.05, 0) is 25.2 Å². The summed E-state index contributed by atoms with van der Waals surface area (Å²) < 4.78 is 22.2. The van der Waals surface area contributed by atoms with E-state index in [0.29, 0.717) is 25.6 Å². The predicted octanol–water partition coefficient (Wildman–Crippen LogP) is -0.877. The van der Waals surface area contributed by atoms with Crippen LogP contribution in [0.25, 0.3) is 0 Å². The van der Waals surface area contributed by atoms with Crippen LogP contribution in [0.3, 0.4) is 0 Å². The number of hydrogen-bond acceptors (Lipinski definition) is 5. The number of rotatable bonds is 6. The summed E-state index contributed by atoms with van der Waals surface area (Å²) in [4.78, 5) is 24.7. The smallest absolute Gasteiger partial charge is 0.239 e. The molecule has 0 aliphatic carbocycles. The summed E-state index contributed by atoms with van der Waals surface area (Å²) in [5.74, 6) is 0.0805. The highest BCUT2D eigenvalue weighted by Gasteiger charge is 2.26. The number of carbonyl (C=O) groups is 2. The van der Waals surface area contributed by atoms with Crippen molar-refractivity contribution >= 4 is 21.7 Å². The molecule has 0 saturated carbocycles. The zero-order valence-electron chi connectivity index (χ0n) is 12.7. The molecule has 1 aliphatic heterocycles. The molecule has 1 aliphatic rings. The SMILES string of the molecule is CC(=O)NCC1CCN(C(=O)C(N)CCS(C)(=O)=O)CC1. The Bertz CT molecular complexity index is 470. The van der Waals surface area contributed by atoms with Crippen LogP contribution in [0.2, 0.25) is 0 Å². The second-order valence-electron chi connectivity index (χ2n) is 5.73. The number of likely N-dealkylation sites (tertiary alicyclic amines) is 1. The van der Waals surface area contributed by atoms with E-state index in [1.807, 2.05) is 0 Å². The number of nitrogens with one attached hydrogen (secondary N) is 1. The van der Waals surface area contributed by atoms with E-state index in [2.05, 4.69) is 5.32 Å². The standard InChI is InChI=1S/C13H25N3O4S/c1-10(17)15-9-11-3-6-16(7-4-11)13(18)12(14)5-8-21(2,19)20/h11-12H,3-9,14H2,1-2H3,(H,15,17). The van der Waals surface area contributed by atoms with Gasteiger partial charge in [0.25, 0.3) is 0 Å². The molecule has 0 aromatic heterocycles. The summed E-state index contributed by atoms with van der Waals surface area (Å²) >= 11 is 0. The van der Waals surface area contributed by atoms with Gasteiger partial charge in [-0.15, -0.1) is 0 Å². The number of sulfone groups is 1. The lowest BCUT2D eigenvalue weighted by atomic mass is 9.96. The molecule has 0 spiro atoms. The second-order valence-corrected chi connectivity index (χ2v) is 7.99. The average Bonchev–Trinajstić information content (AvgIpc) is 2.41. The van der Waals surface area contributed by atoms with Gasteiger partial charge in [-0.1, -0.05) is 0 Å². The molecule has 1 fully saturated rings. The van der Waals surface area contributed by atoms with Gasteiger partial charge in [0.2, 0.25) is 11.8 Å². The van der Waals surface area contributed by atoms with E-state index in [1.54, 1.807) is 4.90 Å². The van der Waals surface area contributed by atoms with E-state index in [-0.39, 0.29) is 24.0 Å². The first-order valence-electron chi connectivity index (χ1n) is 7.15. The Morgan fingerprint density at radius 1 is 1.33 bits per heavy atom. The number of nitrogens with zero attached hydrogens (tertiary/aromatic N) is 1. The van der Waals surface area contributed by atoms with E-state index in [4.69, 9.17) is 5.73 Å². The summed E-state index contributed by atoms with van der Waals surface area (Å²) in [7, 11) is -3.10. The van der Waals surface area contributed by atoms with Crippen LogP contribution < -0.4 is 11.1 Å². The molecule has 122 valence electrons. The molecule has 7 nitrogen and oxygen atoms in total. The van der Waals surface area contributed by atoms with Gasteiger partial charge in [-0.3, -0.25) is 9.59 Å². The van der Waals surface area contributed by atoms with Crippen LogP contribution in [0.4, 0.5) is 0 Å². The van der Waals surface area contributed by atoms with Crippen molar-refractivity contribution in [2.75, 3.05) is 31.6 Å². The van der Waals surface area contributed by atoms with Crippen molar-refractivity contribution in [1.82, 2.24) is 10.2 Å². The first kappa shape index (κ1) is 17.9. The lowest BCUT2D eigenvalue weighted by Gasteiger charge is -2.33. The minimum absolute atomic E-state index is 0.0451. The Morgan fingerprint density at radius 3 is 2.38 bits per heavy atom. The first-order chi connectivity index (χ1) is 9.69. The van der Waals surface area contributed by atoms with Crippen molar-refractivity contribution in [1.29, 1.82) is 0 Å². The first-order valence-corrected chi connectivity index (χ1v) is 9.21. The number of carbonyl (C=O) groups excluding carboxylic acids is 2. The molecule has 1 heterocycles. The van der Waals surface area contributed by atoms with Gasteiger partial charge in [0, 0.05) is 32.8 Å². The highest BCUT2D eigenvalue weighted by molar-refractivity contribution is 7.90. The quantitative estimate of drug-likeness (QED) is 0.661. The van der Waals surface area contributed by atoms with Crippen molar-refractivity contribution in [2.24, 2.45) is 11.7 Å². The van der Waals surface area contributed by atoms with Crippen molar-refractivity contribution in [3.8, 4) is 0 Å². The minimum atomic E-state index is -3.10. The third-order valence-electron chi connectivity index (χ3n) is 3.68. The largest absolute Gasteiger partial charge is 0.356 e. The van der Waals surface area contributed by atoms with Crippen LogP contribution in [0.1, 0.15) is 26.2 Å². The lowest BCUT2D eigenvalue weighted by Crippen LogP contribution is -2.48. The van der Waals surface area contributed by atoms with Gasteiger partial charge in [-0.2, -0.15) is 0 Å². The number of hydrogen-bond donors (Lipinski definition) is 2. The van der Waals surface area contributed by atoms with Crippen LogP contribution >= 0.6 is 0 Å². The Labute approximate surface area is 126 Å². The zero-order chi connectivity index (χ0) is 16.0. The molecular weight excluding hydrogens is 294 g/mol. The van der Waals surface area contributed by atoms with Gasteiger partial charge in [0.15, 0.2) is 0 Å². The van der Waals surface area contributed by atoms with Gasteiger partial charge in [0.1, 0.15) is 9.84 Å². The molecule has 0 radical (unpaired) electrons. The fourth-order valence-corrected chi connectivity index (χ4v) is 3.03. The van der Waals surface area contributed by atoms with Crippen LogP contribution in [0.5, 0.6) is 0 Å². The monoisotopic (exact) mass is 319 g/mol. The van der Waals surface area contributed by atoms with E-state index >= 15 is 0 Å². The fourth-order valence-electron chi connectivity index (χ4n) is 2.34. The van der Waals surface area contributed by atoms with Crippen molar-refractivity contribution in [3.05, 3.63) is 0 Å². The average molecular weight is 319 g/mol. The van der Waals surface area contributed by atoms with Gasteiger partial charge in [0.05, 0.1) is 11.8 Å². The van der Waals surface area contributed by atoms with Gasteiger partial charge < -0.3 is 16.0 Å². The maximum absolute atomic E-state index is 12.1. The summed E-state index contributed by atoms with van der Waals surface area (Å²) in [6, 6.07) is -0.758. The maximum Gasteiger partial charge on any atom is 0.239 e. The molecule has 3 N–H and O–H groups in total. The van der Waals surface area contributed by atoms with E-state index < -0.39 is 15.9 Å². The molecule has 0 aromatic rings. The maximum atomic E-state index is 12.1. The Hall–Kier alpha value is -1.15. The highest BCUT2D eigenvalue weighted by atomic mass is 32.2. The molecule has 1 saturated heterocycles. The third-order valence-corrected chi connectivity index (χ3v) is 4.66. The number of piperidine rings is 1. The summed E-state index contributed by atoms with van der Waals surface area (Å²) in [6.45, 7) is 3.34. The van der Waals surface area contributed by atoms with Crippen molar-refractivity contribution in [2.45, 2.75) is 32.2 Å². The summed E-state index contributed by atoms with van der Waals surface area (Å²) in [5, 5.41) is 2.79. The lowest BCUT2D eigenvalue weighted by molar-refractivity contribution is -0.134. The predicted molar refractivity (Wildman–Crippen MR) is 80.3 cm³/mol. The van der Waals surface area contributed by atoms with E-state index in [1.165, 1.54) is 6.92 Å². The highest BCUT2D eigenvalue weighted by Crippen LogP contribution is 2.17. The zero-order valence-corrected chi connectivity index (χ0v) is 13.5. The minimum Gasteiger partial charge on any atom is -0.356 e. The topological polar surface area (TPSA) is 110 Å². The van der Waals surface area contributed by atoms with Crippen molar-refractivity contribution in [3.63, 3.8) is 0 Å². The van der Waals surface area contributed by atoms with Crippen molar-refractivity contribution < 1.29 is 18.0 Å². The Kier molecular flexibility index (Phi) is 6.60. The number of amides is 2. The second kappa shape index (κ2) is 7.74. The van der Waals surface area contributed by atoms with Crippen LogP contribution in [-0.4, -0.2) is 62.8 Å². The van der Waals surface area contributed by atoms with Crippen LogP contribution in [-0.2, 0) is 19.4 Å². The Balaban J connectivity index is 2.35. The Morgan fingerprint density at radius 2 is 1.90 bits per heavy atom. The molecule has 0 bridgehead atoms. The van der Waals surface area contributed by atoms with Gasteiger partial charge >= 0.3 is 0 Å². The molecule has 0 aromatic carbocycles. The molecule has 1 rings (SSSR count). The molecule has 21 heavy (non-hydrogen) atoms. The summed E-state index contributed by atoms with van der Waals surface area (Å²) in [6.07, 6.45) is 2.94. The molecule has 1 atom stereocenters. The molecular formula is C13H25N3O4S. The molecule has 8 heteroatoms. The number of nitrogens with two attached hydrogens (primary N) is 1. The third kappa shape index (κ3) is 6.90. The van der Waals surface area contributed by atoms with E-state index in [9.17, 15) is 18.0 Å². The molecule has 1 unspecified atom stereocenters. The van der Waals surface area contributed by atoms with Crippen LogP contribution in [0, 0.1) is 5.92 Å². The fraction of sp³-hybridized carbons (Fsp3) is 0.846. The van der Waals surface area contributed by atoms with E-state index in [0.717, 1.165) is 19.1 Å². The van der Waals surface area contributed by atoms with Gasteiger partial charge in [-0.25, -0.2) is 8.42 Å². The molecule has 2 amide bonds.